The van der Waals surface area contributed by atoms with Gasteiger partial charge in [-0.3, -0.25) is 4.79 Å². The second-order valence-corrected chi connectivity index (χ2v) is 5.06. The van der Waals surface area contributed by atoms with Crippen LogP contribution in [0.3, 0.4) is 0 Å². The lowest BCUT2D eigenvalue weighted by Crippen LogP contribution is -2.36. The smallest absolute Gasteiger partial charge is 0.239 e. The van der Waals surface area contributed by atoms with Gasteiger partial charge in [-0.1, -0.05) is 11.6 Å². The van der Waals surface area contributed by atoms with Gasteiger partial charge >= 0.3 is 0 Å². The fourth-order valence-electron chi connectivity index (χ4n) is 1.60. The van der Waals surface area contributed by atoms with E-state index in [0.717, 1.165) is 24.2 Å². The Hall–Kier alpha value is -1.36. The molecule has 1 amide bonds. The number of amides is 1. The largest absolute Gasteiger partial charge is 0.352 e. The SMILES string of the molecule is Cc1nc(Cl)c(N(C)CC(=O)NC2CC2)nc1C. The summed E-state index contributed by atoms with van der Waals surface area (Å²) in [4.78, 5) is 22.0. The Morgan fingerprint density at radius 3 is 2.61 bits per heavy atom. The molecule has 98 valence electrons. The van der Waals surface area contributed by atoms with Crippen LogP contribution in [0.4, 0.5) is 5.82 Å². The predicted molar refractivity (Wildman–Crippen MR) is 71.0 cm³/mol. The van der Waals surface area contributed by atoms with Gasteiger partial charge in [0.15, 0.2) is 11.0 Å². The molecule has 2 rings (SSSR count). The molecular formula is C12H17ClN4O. The molecule has 0 saturated heterocycles. The number of nitrogens with zero attached hydrogens (tertiary/aromatic N) is 3. The fraction of sp³-hybridized carbons (Fsp3) is 0.583. The molecule has 1 saturated carbocycles. The molecule has 0 unspecified atom stereocenters. The topological polar surface area (TPSA) is 58.1 Å². The van der Waals surface area contributed by atoms with Crippen LogP contribution in [0.15, 0.2) is 0 Å². The van der Waals surface area contributed by atoms with Crippen LogP contribution in [-0.4, -0.2) is 35.5 Å². The summed E-state index contributed by atoms with van der Waals surface area (Å²) >= 11 is 6.05. The van der Waals surface area contributed by atoms with Gasteiger partial charge in [-0.15, -0.1) is 0 Å². The zero-order chi connectivity index (χ0) is 13.3. The van der Waals surface area contributed by atoms with Gasteiger partial charge in [-0.25, -0.2) is 9.97 Å². The Morgan fingerprint density at radius 2 is 2.00 bits per heavy atom. The highest BCUT2D eigenvalue weighted by Crippen LogP contribution is 2.22. The van der Waals surface area contributed by atoms with Crippen LogP contribution in [0, 0.1) is 13.8 Å². The number of aryl methyl sites for hydroxylation is 2. The number of aromatic nitrogens is 2. The third-order valence-corrected chi connectivity index (χ3v) is 3.19. The molecule has 0 radical (unpaired) electrons. The Labute approximate surface area is 112 Å². The van der Waals surface area contributed by atoms with E-state index < -0.39 is 0 Å². The molecule has 1 aliphatic rings. The number of likely N-dealkylation sites (N-methyl/N-ethyl adjacent to an activating group) is 1. The molecule has 18 heavy (non-hydrogen) atoms. The van der Waals surface area contributed by atoms with Gasteiger partial charge in [0, 0.05) is 13.1 Å². The van der Waals surface area contributed by atoms with E-state index >= 15 is 0 Å². The molecule has 1 aromatic heterocycles. The van der Waals surface area contributed by atoms with E-state index in [2.05, 4.69) is 15.3 Å². The summed E-state index contributed by atoms with van der Waals surface area (Å²) in [6.07, 6.45) is 2.17. The van der Waals surface area contributed by atoms with Crippen molar-refractivity contribution in [3.63, 3.8) is 0 Å². The van der Waals surface area contributed by atoms with Gasteiger partial charge in [-0.05, 0) is 26.7 Å². The number of nitrogens with one attached hydrogen (secondary N) is 1. The Morgan fingerprint density at radius 1 is 1.39 bits per heavy atom. The van der Waals surface area contributed by atoms with Gasteiger partial charge in [0.05, 0.1) is 17.9 Å². The van der Waals surface area contributed by atoms with Crippen LogP contribution in [0.1, 0.15) is 24.2 Å². The molecule has 1 aromatic rings. The standard InChI is InChI=1S/C12H17ClN4O/c1-7-8(2)15-12(11(13)14-7)17(3)6-10(18)16-9-4-5-9/h9H,4-6H2,1-3H3,(H,16,18). The molecule has 1 N–H and O–H groups in total. The average Bonchev–Trinajstić information content (AvgIpc) is 3.06. The maximum absolute atomic E-state index is 11.7. The highest BCUT2D eigenvalue weighted by atomic mass is 35.5. The minimum Gasteiger partial charge on any atom is -0.352 e. The molecule has 1 heterocycles. The van der Waals surface area contributed by atoms with E-state index in [0.29, 0.717) is 17.0 Å². The zero-order valence-corrected chi connectivity index (χ0v) is 11.6. The maximum atomic E-state index is 11.7. The van der Waals surface area contributed by atoms with Crippen LogP contribution in [0.2, 0.25) is 5.15 Å². The average molecular weight is 269 g/mol. The summed E-state index contributed by atoms with van der Waals surface area (Å²) < 4.78 is 0. The minimum atomic E-state index is -0.00362. The summed E-state index contributed by atoms with van der Waals surface area (Å²) in [6.45, 7) is 3.98. The lowest BCUT2D eigenvalue weighted by atomic mass is 10.3. The Bertz CT molecular complexity index is 473. The molecule has 0 spiro atoms. The third-order valence-electron chi connectivity index (χ3n) is 2.93. The van der Waals surface area contributed by atoms with E-state index in [9.17, 15) is 4.79 Å². The predicted octanol–water partition coefficient (Wildman–Crippen LogP) is 1.46. The van der Waals surface area contributed by atoms with Gasteiger partial charge in [0.2, 0.25) is 5.91 Å². The monoisotopic (exact) mass is 268 g/mol. The first-order chi connectivity index (χ1) is 8.47. The molecule has 6 heteroatoms. The van der Waals surface area contributed by atoms with Crippen molar-refractivity contribution in [2.45, 2.75) is 32.7 Å². The summed E-state index contributed by atoms with van der Waals surface area (Å²) in [5.41, 5.74) is 1.63. The first-order valence-electron chi connectivity index (χ1n) is 5.98. The number of carbonyl (C=O) groups excluding carboxylic acids is 1. The van der Waals surface area contributed by atoms with Gasteiger partial charge in [0.25, 0.3) is 0 Å². The lowest BCUT2D eigenvalue weighted by Gasteiger charge is -2.19. The van der Waals surface area contributed by atoms with Crippen LogP contribution in [0.25, 0.3) is 0 Å². The van der Waals surface area contributed by atoms with Crippen LogP contribution >= 0.6 is 11.6 Å². The number of hydrogen-bond acceptors (Lipinski definition) is 4. The van der Waals surface area contributed by atoms with Crippen molar-refractivity contribution in [2.75, 3.05) is 18.5 Å². The molecule has 0 aromatic carbocycles. The number of rotatable bonds is 4. The third kappa shape index (κ3) is 3.10. The summed E-state index contributed by atoms with van der Waals surface area (Å²) in [5, 5.41) is 3.26. The lowest BCUT2D eigenvalue weighted by molar-refractivity contribution is -0.119. The van der Waals surface area contributed by atoms with Gasteiger partial charge in [0.1, 0.15) is 0 Å². The fourth-order valence-corrected chi connectivity index (χ4v) is 1.91. The van der Waals surface area contributed by atoms with Crippen molar-refractivity contribution in [1.29, 1.82) is 0 Å². The quantitative estimate of drug-likeness (QED) is 0.898. The number of halogens is 1. The second kappa shape index (κ2) is 5.10. The van der Waals surface area contributed by atoms with E-state index in [1.807, 2.05) is 13.8 Å². The summed E-state index contributed by atoms with van der Waals surface area (Å²) in [7, 11) is 1.79. The van der Waals surface area contributed by atoms with Crippen molar-refractivity contribution in [2.24, 2.45) is 0 Å². The van der Waals surface area contributed by atoms with Crippen LogP contribution in [0.5, 0.6) is 0 Å². The van der Waals surface area contributed by atoms with Crippen LogP contribution in [-0.2, 0) is 4.79 Å². The van der Waals surface area contributed by atoms with Crippen molar-refractivity contribution in [1.82, 2.24) is 15.3 Å². The Kier molecular flexibility index (Phi) is 3.71. The molecule has 0 bridgehead atoms. The summed E-state index contributed by atoms with van der Waals surface area (Å²) in [5.74, 6) is 0.543. The molecule has 5 nitrogen and oxygen atoms in total. The zero-order valence-electron chi connectivity index (χ0n) is 10.8. The first kappa shape index (κ1) is 13.1. The molecule has 1 fully saturated rings. The minimum absolute atomic E-state index is 0.00362. The first-order valence-corrected chi connectivity index (χ1v) is 6.36. The van der Waals surface area contributed by atoms with Gasteiger partial charge in [-0.2, -0.15) is 0 Å². The van der Waals surface area contributed by atoms with E-state index in [1.165, 1.54) is 0 Å². The summed E-state index contributed by atoms with van der Waals surface area (Å²) in [6, 6.07) is 0.368. The van der Waals surface area contributed by atoms with E-state index in [4.69, 9.17) is 11.6 Å². The van der Waals surface area contributed by atoms with Crippen molar-refractivity contribution >= 4 is 23.3 Å². The number of hydrogen-bond donors (Lipinski definition) is 1. The molecule has 0 atom stereocenters. The van der Waals surface area contributed by atoms with Crippen molar-refractivity contribution in [3.05, 3.63) is 16.5 Å². The van der Waals surface area contributed by atoms with E-state index in [1.54, 1.807) is 11.9 Å². The second-order valence-electron chi connectivity index (χ2n) is 4.71. The van der Waals surface area contributed by atoms with Crippen molar-refractivity contribution < 1.29 is 4.79 Å². The van der Waals surface area contributed by atoms with Crippen molar-refractivity contribution in [3.8, 4) is 0 Å². The number of carbonyl (C=O) groups is 1. The number of anilines is 1. The van der Waals surface area contributed by atoms with Gasteiger partial charge < -0.3 is 10.2 Å². The molecule has 0 aliphatic heterocycles. The normalized spacial score (nSPS) is 14.4. The highest BCUT2D eigenvalue weighted by Gasteiger charge is 2.24. The van der Waals surface area contributed by atoms with Crippen LogP contribution < -0.4 is 10.2 Å². The highest BCUT2D eigenvalue weighted by molar-refractivity contribution is 6.31. The molecule has 1 aliphatic carbocycles. The van der Waals surface area contributed by atoms with E-state index in [-0.39, 0.29) is 12.5 Å². The Balaban J connectivity index is 2.05. The molecular weight excluding hydrogens is 252 g/mol. The maximum Gasteiger partial charge on any atom is 0.239 e.